The van der Waals surface area contributed by atoms with Gasteiger partial charge < -0.3 is 26.0 Å². The molecule has 0 spiro atoms. The van der Waals surface area contributed by atoms with Gasteiger partial charge in [-0.2, -0.15) is 8.42 Å². The first kappa shape index (κ1) is 20.0. The van der Waals surface area contributed by atoms with Crippen molar-refractivity contribution in [1.82, 2.24) is 10.6 Å². The molecule has 1 aliphatic heterocycles. The van der Waals surface area contributed by atoms with Gasteiger partial charge in [-0.25, -0.2) is 0 Å². The second-order valence-electron chi connectivity index (χ2n) is 3.39. The van der Waals surface area contributed by atoms with Crippen LogP contribution in [0.5, 0.6) is 0 Å². The Bertz CT molecular complexity index is 240. The molecule has 0 aromatic carbocycles. The number of piperazine rings is 1. The van der Waals surface area contributed by atoms with Gasteiger partial charge in [0.25, 0.3) is 10.1 Å². The normalized spacial score (nSPS) is 15.2. The van der Waals surface area contributed by atoms with Gasteiger partial charge in [-0.15, -0.1) is 0 Å². The highest BCUT2D eigenvalue weighted by Crippen LogP contribution is 1.74. The monoisotopic (exact) mass is 288 g/mol. The Morgan fingerprint density at radius 3 is 1.39 bits per heavy atom. The van der Waals surface area contributed by atoms with Gasteiger partial charge in [-0.3, -0.25) is 4.55 Å². The molecular formula is C9H24N2O6S. The minimum absolute atomic E-state index is 0.201. The van der Waals surface area contributed by atoms with Crippen LogP contribution < -0.4 is 10.6 Å². The molecule has 1 rings (SSSR count). The predicted octanol–water partition coefficient (Wildman–Crippen LogP) is -2.59. The van der Waals surface area contributed by atoms with Crippen LogP contribution in [0.25, 0.3) is 0 Å². The fraction of sp³-hybridized carbons (Fsp3) is 1.00. The number of aliphatic hydroxyl groups excluding tert-OH is 3. The summed E-state index contributed by atoms with van der Waals surface area (Å²) in [5.74, 6) is -0.201. The Labute approximate surface area is 108 Å². The van der Waals surface area contributed by atoms with E-state index < -0.39 is 16.2 Å². The van der Waals surface area contributed by atoms with Gasteiger partial charge in [-0.1, -0.05) is 0 Å². The third kappa shape index (κ3) is 21.0. The Hall–Kier alpha value is -0.290. The standard InChI is InChI=1S/C4H10N2.C3H8O3.C2H6O3S/c1-2-6-4-3-5-1;4-1-3(6)2-5;1-2-6(3,4)5/h5-6H,1-4H2;3-6H,1-2H2;2H2,1H3,(H,3,4,5). The third-order valence-electron chi connectivity index (χ3n) is 1.74. The fourth-order valence-electron chi connectivity index (χ4n) is 0.661. The van der Waals surface area contributed by atoms with E-state index in [4.69, 9.17) is 19.9 Å². The fourth-order valence-corrected chi connectivity index (χ4v) is 0.661. The van der Waals surface area contributed by atoms with Gasteiger partial charge in [0.05, 0.1) is 19.0 Å². The highest BCUT2D eigenvalue weighted by molar-refractivity contribution is 7.85. The first-order chi connectivity index (χ1) is 8.37. The van der Waals surface area contributed by atoms with E-state index in [9.17, 15) is 8.42 Å². The molecule has 0 unspecified atom stereocenters. The lowest BCUT2D eigenvalue weighted by atomic mass is 10.4. The van der Waals surface area contributed by atoms with Crippen molar-refractivity contribution in [2.75, 3.05) is 45.1 Å². The molecule has 0 bridgehead atoms. The molecule has 112 valence electrons. The highest BCUT2D eigenvalue weighted by Gasteiger charge is 1.94. The zero-order valence-corrected chi connectivity index (χ0v) is 11.4. The van der Waals surface area contributed by atoms with E-state index in [0.29, 0.717) is 0 Å². The second kappa shape index (κ2) is 13.1. The number of nitrogens with one attached hydrogen (secondary N) is 2. The van der Waals surface area contributed by atoms with Gasteiger partial charge in [0.2, 0.25) is 0 Å². The van der Waals surface area contributed by atoms with E-state index in [0.717, 1.165) is 26.2 Å². The minimum atomic E-state index is -3.66. The van der Waals surface area contributed by atoms with Crippen molar-refractivity contribution in [3.63, 3.8) is 0 Å². The zero-order chi connectivity index (χ0) is 14.4. The number of aliphatic hydroxyl groups is 3. The van der Waals surface area contributed by atoms with Crippen LogP contribution in [0.3, 0.4) is 0 Å². The summed E-state index contributed by atoms with van der Waals surface area (Å²) in [5, 5.41) is 30.5. The Morgan fingerprint density at radius 1 is 1.06 bits per heavy atom. The van der Waals surface area contributed by atoms with Crippen molar-refractivity contribution in [1.29, 1.82) is 0 Å². The molecule has 0 atom stereocenters. The molecule has 6 N–H and O–H groups in total. The Morgan fingerprint density at radius 2 is 1.33 bits per heavy atom. The van der Waals surface area contributed by atoms with Crippen molar-refractivity contribution in [3.05, 3.63) is 0 Å². The average molecular weight is 288 g/mol. The molecule has 18 heavy (non-hydrogen) atoms. The molecule has 0 aliphatic carbocycles. The van der Waals surface area contributed by atoms with Gasteiger partial charge >= 0.3 is 0 Å². The lowest BCUT2D eigenvalue weighted by Crippen LogP contribution is -2.39. The molecule has 0 radical (unpaired) electrons. The van der Waals surface area contributed by atoms with E-state index in [1.165, 1.54) is 6.92 Å². The minimum Gasteiger partial charge on any atom is -0.394 e. The van der Waals surface area contributed by atoms with Crippen LogP contribution >= 0.6 is 0 Å². The highest BCUT2D eigenvalue weighted by atomic mass is 32.2. The molecule has 1 fully saturated rings. The summed E-state index contributed by atoms with van der Waals surface area (Å²) < 4.78 is 26.9. The van der Waals surface area contributed by atoms with Crippen LogP contribution in [0.4, 0.5) is 0 Å². The summed E-state index contributed by atoms with van der Waals surface area (Å²) in [4.78, 5) is 0. The van der Waals surface area contributed by atoms with E-state index >= 15 is 0 Å². The van der Waals surface area contributed by atoms with E-state index in [1.807, 2.05) is 0 Å². The SMILES string of the molecule is C1CNCCN1.CCS(=O)(=O)O.OCC(O)CO. The number of hydrogen-bond donors (Lipinski definition) is 6. The zero-order valence-electron chi connectivity index (χ0n) is 10.5. The maximum atomic E-state index is 9.56. The molecule has 9 heteroatoms. The maximum absolute atomic E-state index is 9.56. The van der Waals surface area contributed by atoms with E-state index in [-0.39, 0.29) is 19.0 Å². The molecule has 8 nitrogen and oxygen atoms in total. The molecule has 1 heterocycles. The predicted molar refractivity (Wildman–Crippen MR) is 68.0 cm³/mol. The molecule has 0 amide bonds. The van der Waals surface area contributed by atoms with Gasteiger partial charge in [0.1, 0.15) is 6.10 Å². The second-order valence-corrected chi connectivity index (χ2v) is 5.13. The van der Waals surface area contributed by atoms with Crippen LogP contribution in [0.15, 0.2) is 0 Å². The van der Waals surface area contributed by atoms with E-state index in [1.54, 1.807) is 0 Å². The van der Waals surface area contributed by atoms with Crippen LogP contribution in [-0.4, -0.2) is 79.5 Å². The average Bonchev–Trinajstić information content (AvgIpc) is 2.40. The lowest BCUT2D eigenvalue weighted by molar-refractivity contribution is 0.0450. The first-order valence-corrected chi connectivity index (χ1v) is 7.24. The van der Waals surface area contributed by atoms with Gasteiger partial charge in [-0.05, 0) is 6.92 Å². The van der Waals surface area contributed by atoms with Gasteiger partial charge in [0.15, 0.2) is 0 Å². The third-order valence-corrected chi connectivity index (χ3v) is 2.47. The summed E-state index contributed by atoms with van der Waals surface area (Å²) in [6.07, 6.45) is -0.954. The van der Waals surface area contributed by atoms with Crippen molar-refractivity contribution in [2.45, 2.75) is 13.0 Å². The summed E-state index contributed by atoms with van der Waals surface area (Å²) in [6, 6.07) is 0. The van der Waals surface area contributed by atoms with Crippen LogP contribution in [0.2, 0.25) is 0 Å². The van der Waals surface area contributed by atoms with Crippen molar-refractivity contribution >= 4 is 10.1 Å². The molecule has 0 aromatic rings. The van der Waals surface area contributed by atoms with Crippen LogP contribution in [0.1, 0.15) is 6.92 Å². The Kier molecular flexibility index (Phi) is 14.6. The topological polar surface area (TPSA) is 139 Å². The van der Waals surface area contributed by atoms with Crippen LogP contribution in [-0.2, 0) is 10.1 Å². The number of rotatable bonds is 3. The summed E-state index contributed by atoms with van der Waals surface area (Å²) >= 11 is 0. The summed E-state index contributed by atoms with van der Waals surface area (Å²) in [7, 11) is -3.66. The molecule has 0 saturated carbocycles. The summed E-state index contributed by atoms with van der Waals surface area (Å²) in [6.45, 7) is 5.20. The summed E-state index contributed by atoms with van der Waals surface area (Å²) in [5.41, 5.74) is 0. The Balaban J connectivity index is 0. The van der Waals surface area contributed by atoms with Crippen molar-refractivity contribution in [3.8, 4) is 0 Å². The van der Waals surface area contributed by atoms with E-state index in [2.05, 4.69) is 10.6 Å². The smallest absolute Gasteiger partial charge is 0.264 e. The maximum Gasteiger partial charge on any atom is 0.264 e. The van der Waals surface area contributed by atoms with Crippen molar-refractivity contribution < 1.29 is 28.3 Å². The largest absolute Gasteiger partial charge is 0.394 e. The van der Waals surface area contributed by atoms with Crippen molar-refractivity contribution in [2.24, 2.45) is 0 Å². The molecule has 1 aliphatic rings. The number of hydrogen-bond acceptors (Lipinski definition) is 7. The lowest BCUT2D eigenvalue weighted by Gasteiger charge is -2.11. The van der Waals surface area contributed by atoms with Gasteiger partial charge in [0, 0.05) is 26.2 Å². The molecular weight excluding hydrogens is 264 g/mol. The first-order valence-electron chi connectivity index (χ1n) is 5.63. The van der Waals surface area contributed by atoms with Crippen LogP contribution in [0, 0.1) is 0 Å². The molecule has 1 saturated heterocycles. The quantitative estimate of drug-likeness (QED) is 0.311. The molecule has 0 aromatic heterocycles.